The summed E-state index contributed by atoms with van der Waals surface area (Å²) in [5, 5.41) is 8.93. The monoisotopic (exact) mass is 459 g/mol. The molecule has 33 heavy (non-hydrogen) atoms. The summed E-state index contributed by atoms with van der Waals surface area (Å²) < 4.78 is 15.4. The van der Waals surface area contributed by atoms with E-state index in [-0.39, 0.29) is 12.0 Å². The van der Waals surface area contributed by atoms with Gasteiger partial charge in [-0.25, -0.2) is 4.98 Å². The molecule has 2 atom stereocenters. The van der Waals surface area contributed by atoms with E-state index in [1.165, 1.54) is 6.20 Å². The van der Waals surface area contributed by atoms with Gasteiger partial charge in [-0.3, -0.25) is 4.72 Å². The fourth-order valence-electron chi connectivity index (χ4n) is 4.00. The number of aldehydes is 1. The number of nitrogens with zero attached hydrogens (tertiary/aromatic N) is 2. The largest absolute Gasteiger partial charge is 0.486 e. The highest BCUT2D eigenvalue weighted by atomic mass is 32.2. The van der Waals surface area contributed by atoms with Crippen molar-refractivity contribution < 1.29 is 14.3 Å². The number of nitriles is 1. The molecule has 1 heterocycles. The summed E-state index contributed by atoms with van der Waals surface area (Å²) in [5.74, 6) is 3.05. The summed E-state index contributed by atoms with van der Waals surface area (Å²) in [6, 6.07) is 19.5. The molecule has 0 radical (unpaired) electrons. The van der Waals surface area contributed by atoms with Gasteiger partial charge in [-0.05, 0) is 55.3 Å². The molecule has 0 spiro atoms. The maximum atomic E-state index is 11.1. The van der Waals surface area contributed by atoms with Crippen LogP contribution in [0.4, 0.5) is 0 Å². The summed E-state index contributed by atoms with van der Waals surface area (Å²) >= 11 is 1.61. The average Bonchev–Trinajstić information content (AvgIpc) is 3.26. The number of rotatable bonds is 10. The molecule has 0 saturated heterocycles. The zero-order valence-electron chi connectivity index (χ0n) is 18.4. The van der Waals surface area contributed by atoms with E-state index in [1.54, 1.807) is 24.1 Å². The van der Waals surface area contributed by atoms with Gasteiger partial charge in [0.1, 0.15) is 30.0 Å². The lowest BCUT2D eigenvalue weighted by Crippen LogP contribution is -2.07. The minimum absolute atomic E-state index is 0.0473. The highest BCUT2D eigenvalue weighted by Crippen LogP contribution is 2.40. The predicted octanol–water partition coefficient (Wildman–Crippen LogP) is 5.35. The van der Waals surface area contributed by atoms with E-state index in [9.17, 15) is 4.79 Å². The van der Waals surface area contributed by atoms with Crippen molar-refractivity contribution in [1.82, 2.24) is 9.71 Å². The number of fused-ring (bicyclic) bond motifs is 1. The molecule has 7 heteroatoms. The zero-order valence-corrected chi connectivity index (χ0v) is 19.2. The molecular weight excluding hydrogens is 434 g/mol. The first kappa shape index (κ1) is 22.8. The van der Waals surface area contributed by atoms with E-state index in [4.69, 9.17) is 14.7 Å². The lowest BCUT2D eigenvalue weighted by Gasteiger charge is -2.18. The molecule has 0 fully saturated rings. The van der Waals surface area contributed by atoms with Gasteiger partial charge in [0.25, 0.3) is 0 Å². The first-order valence-corrected chi connectivity index (χ1v) is 11.8. The van der Waals surface area contributed by atoms with Crippen LogP contribution in [0.5, 0.6) is 17.4 Å². The van der Waals surface area contributed by atoms with Crippen LogP contribution in [-0.2, 0) is 11.2 Å². The summed E-state index contributed by atoms with van der Waals surface area (Å²) in [6.07, 6.45) is 4.66. The van der Waals surface area contributed by atoms with E-state index < -0.39 is 0 Å². The minimum Gasteiger partial charge on any atom is -0.486 e. The maximum Gasteiger partial charge on any atom is 0.219 e. The van der Waals surface area contributed by atoms with Crippen LogP contribution in [0.1, 0.15) is 47.1 Å². The number of carbonyl (C=O) groups is 1. The van der Waals surface area contributed by atoms with E-state index in [0.29, 0.717) is 17.9 Å². The number of ether oxygens (including phenoxy) is 2. The number of carbonyl (C=O) groups excluding carboxylic acids is 1. The summed E-state index contributed by atoms with van der Waals surface area (Å²) in [4.78, 5) is 15.3. The molecule has 0 aliphatic heterocycles. The number of hydrogen-bond donors (Lipinski definition) is 1. The van der Waals surface area contributed by atoms with Gasteiger partial charge in [-0.1, -0.05) is 36.2 Å². The van der Waals surface area contributed by atoms with Crippen LogP contribution in [0.15, 0.2) is 60.8 Å². The van der Waals surface area contributed by atoms with E-state index in [2.05, 4.69) is 21.8 Å². The second kappa shape index (κ2) is 11.0. The Kier molecular flexibility index (Phi) is 7.61. The fraction of sp³-hybridized carbons (Fsp3) is 0.269. The molecule has 3 aromatic rings. The molecular formula is C26H25N3O3S. The summed E-state index contributed by atoms with van der Waals surface area (Å²) in [7, 11) is 1.89. The smallest absolute Gasteiger partial charge is 0.219 e. The van der Waals surface area contributed by atoms with Gasteiger partial charge < -0.3 is 14.3 Å². The predicted molar refractivity (Wildman–Crippen MR) is 129 cm³/mol. The highest BCUT2D eigenvalue weighted by molar-refractivity contribution is 7.97. The Morgan fingerprint density at radius 1 is 1.24 bits per heavy atom. The second-order valence-electron chi connectivity index (χ2n) is 7.75. The van der Waals surface area contributed by atoms with Gasteiger partial charge >= 0.3 is 0 Å². The van der Waals surface area contributed by atoms with Gasteiger partial charge in [0.2, 0.25) is 5.88 Å². The zero-order chi connectivity index (χ0) is 23.0. The first-order chi connectivity index (χ1) is 16.2. The third-order valence-corrected chi connectivity index (χ3v) is 6.55. The lowest BCUT2D eigenvalue weighted by atomic mass is 9.98. The lowest BCUT2D eigenvalue weighted by molar-refractivity contribution is -0.108. The van der Waals surface area contributed by atoms with Crippen molar-refractivity contribution >= 4 is 18.2 Å². The molecule has 0 amide bonds. The van der Waals surface area contributed by atoms with Crippen molar-refractivity contribution in [2.24, 2.45) is 0 Å². The van der Waals surface area contributed by atoms with Crippen molar-refractivity contribution in [3.8, 4) is 23.4 Å². The Morgan fingerprint density at radius 2 is 2.09 bits per heavy atom. The van der Waals surface area contributed by atoms with Crippen molar-refractivity contribution in [3.05, 3.63) is 83.0 Å². The number of aromatic nitrogens is 1. The minimum atomic E-state index is -0.0473. The standard InChI is InChI=1S/C26H25N3O3S/c1-28-33-17-20(13-14-30)19-6-8-21(9-7-19)31-25-11-10-23-22(25)3-2-4-24(23)32-26-12-5-18(15-27)16-29-26/h2-9,12,14,16,20,25,28H,10-11,13,17H2,1H3. The topological polar surface area (TPSA) is 84.2 Å². The molecule has 0 bridgehead atoms. The average molecular weight is 460 g/mol. The number of pyridine rings is 1. The Hall–Kier alpha value is -3.34. The third kappa shape index (κ3) is 5.54. The van der Waals surface area contributed by atoms with Crippen LogP contribution in [0.25, 0.3) is 0 Å². The van der Waals surface area contributed by atoms with Crippen LogP contribution >= 0.6 is 11.9 Å². The number of nitrogens with one attached hydrogen (secondary N) is 1. The maximum absolute atomic E-state index is 11.1. The van der Waals surface area contributed by atoms with E-state index in [0.717, 1.165) is 53.1 Å². The van der Waals surface area contributed by atoms with Gasteiger partial charge in [0, 0.05) is 35.9 Å². The number of benzene rings is 2. The van der Waals surface area contributed by atoms with Crippen molar-refractivity contribution in [2.45, 2.75) is 31.3 Å². The third-order valence-electron chi connectivity index (χ3n) is 5.69. The molecule has 168 valence electrons. The number of hydrogen-bond acceptors (Lipinski definition) is 7. The fourth-order valence-corrected chi connectivity index (χ4v) is 4.70. The van der Waals surface area contributed by atoms with Crippen molar-refractivity contribution in [3.63, 3.8) is 0 Å². The molecule has 4 rings (SSSR count). The van der Waals surface area contributed by atoms with Gasteiger partial charge in [-0.2, -0.15) is 5.26 Å². The summed E-state index contributed by atoms with van der Waals surface area (Å²) in [5.41, 5.74) is 3.88. The van der Waals surface area contributed by atoms with Crippen LogP contribution in [0.3, 0.4) is 0 Å². The molecule has 0 saturated carbocycles. The Morgan fingerprint density at radius 3 is 2.79 bits per heavy atom. The Balaban J connectivity index is 1.45. The summed E-state index contributed by atoms with van der Waals surface area (Å²) in [6.45, 7) is 0. The van der Waals surface area contributed by atoms with E-state index >= 15 is 0 Å². The second-order valence-corrected chi connectivity index (χ2v) is 8.78. The van der Waals surface area contributed by atoms with Crippen molar-refractivity contribution in [2.75, 3.05) is 12.8 Å². The molecule has 6 nitrogen and oxygen atoms in total. The van der Waals surface area contributed by atoms with Crippen LogP contribution < -0.4 is 14.2 Å². The van der Waals surface area contributed by atoms with Crippen LogP contribution in [0, 0.1) is 11.3 Å². The molecule has 1 N–H and O–H groups in total. The van der Waals surface area contributed by atoms with Gasteiger partial charge in [0.15, 0.2) is 0 Å². The van der Waals surface area contributed by atoms with Crippen LogP contribution in [0.2, 0.25) is 0 Å². The van der Waals surface area contributed by atoms with Gasteiger partial charge in [0.05, 0.1) is 5.56 Å². The Bertz CT molecular complexity index is 1130. The molecule has 1 aromatic heterocycles. The first-order valence-electron chi connectivity index (χ1n) is 10.9. The van der Waals surface area contributed by atoms with Crippen LogP contribution in [-0.4, -0.2) is 24.1 Å². The molecule has 2 aromatic carbocycles. The Labute approximate surface area is 198 Å². The van der Waals surface area contributed by atoms with Crippen molar-refractivity contribution in [1.29, 1.82) is 5.26 Å². The molecule has 2 unspecified atom stereocenters. The van der Waals surface area contributed by atoms with E-state index in [1.807, 2.05) is 43.4 Å². The molecule has 1 aliphatic rings. The SMILES string of the molecule is CNSCC(CC=O)c1ccc(OC2CCc3c(Oc4ccc(C#N)cn4)cccc32)cc1. The molecule has 1 aliphatic carbocycles. The quantitative estimate of drug-likeness (QED) is 0.323. The van der Waals surface area contributed by atoms with Gasteiger partial charge in [-0.15, -0.1) is 0 Å². The highest BCUT2D eigenvalue weighted by Gasteiger charge is 2.27. The normalized spacial score (nSPS) is 15.3.